The smallest absolute Gasteiger partial charge is 0.252 e. The fourth-order valence-electron chi connectivity index (χ4n) is 2.07. The molecule has 128 valence electrons. The zero-order valence-electron chi connectivity index (χ0n) is 14.0. The minimum absolute atomic E-state index is 0.0303. The minimum atomic E-state index is -0.174. The SMILES string of the molecule is CNC(=O)c1ccccc1C#CCNC(=O)CCSc1ccccc1. The number of benzene rings is 2. The molecule has 2 aromatic rings. The molecular weight excluding hydrogens is 332 g/mol. The van der Waals surface area contributed by atoms with Gasteiger partial charge in [0.15, 0.2) is 0 Å². The Bertz CT molecular complexity index is 779. The van der Waals surface area contributed by atoms with Crippen LogP contribution in [0, 0.1) is 11.8 Å². The fraction of sp³-hybridized carbons (Fsp3) is 0.200. The summed E-state index contributed by atoms with van der Waals surface area (Å²) in [5.74, 6) is 6.35. The minimum Gasteiger partial charge on any atom is -0.355 e. The Kier molecular flexibility index (Phi) is 7.61. The second kappa shape index (κ2) is 10.2. The zero-order chi connectivity index (χ0) is 17.9. The molecular formula is C20H20N2O2S. The van der Waals surface area contributed by atoms with Crippen LogP contribution >= 0.6 is 11.8 Å². The average Bonchev–Trinajstić information content (AvgIpc) is 2.66. The van der Waals surface area contributed by atoms with E-state index in [4.69, 9.17) is 0 Å². The van der Waals surface area contributed by atoms with Gasteiger partial charge >= 0.3 is 0 Å². The topological polar surface area (TPSA) is 58.2 Å². The van der Waals surface area contributed by atoms with Gasteiger partial charge in [0.05, 0.1) is 12.1 Å². The second-order valence-corrected chi connectivity index (χ2v) is 6.28. The number of hydrogen-bond acceptors (Lipinski definition) is 3. The molecule has 0 aromatic heterocycles. The Morgan fingerprint density at radius 1 is 1.04 bits per heavy atom. The third-order valence-corrected chi connectivity index (χ3v) is 4.35. The van der Waals surface area contributed by atoms with Crippen molar-refractivity contribution in [3.63, 3.8) is 0 Å². The van der Waals surface area contributed by atoms with E-state index in [-0.39, 0.29) is 18.4 Å². The van der Waals surface area contributed by atoms with Crippen molar-refractivity contribution in [2.75, 3.05) is 19.3 Å². The molecule has 4 nitrogen and oxygen atoms in total. The van der Waals surface area contributed by atoms with E-state index in [2.05, 4.69) is 22.5 Å². The van der Waals surface area contributed by atoms with Crippen LogP contribution < -0.4 is 10.6 Å². The zero-order valence-corrected chi connectivity index (χ0v) is 14.9. The molecule has 0 aliphatic heterocycles. The van der Waals surface area contributed by atoms with E-state index in [1.54, 1.807) is 37.0 Å². The molecule has 2 rings (SSSR count). The van der Waals surface area contributed by atoms with Gasteiger partial charge in [-0.2, -0.15) is 0 Å². The van der Waals surface area contributed by atoms with Crippen molar-refractivity contribution in [2.24, 2.45) is 0 Å². The van der Waals surface area contributed by atoms with Crippen molar-refractivity contribution in [1.82, 2.24) is 10.6 Å². The van der Waals surface area contributed by atoms with Gasteiger partial charge in [-0.3, -0.25) is 9.59 Å². The number of carbonyl (C=O) groups is 2. The summed E-state index contributed by atoms with van der Waals surface area (Å²) in [5.41, 5.74) is 1.18. The summed E-state index contributed by atoms with van der Waals surface area (Å²) in [6, 6.07) is 17.1. The van der Waals surface area contributed by atoms with Gasteiger partial charge < -0.3 is 10.6 Å². The Morgan fingerprint density at radius 3 is 2.52 bits per heavy atom. The van der Waals surface area contributed by atoms with E-state index >= 15 is 0 Å². The maximum atomic E-state index is 11.8. The highest BCUT2D eigenvalue weighted by Gasteiger charge is 2.06. The lowest BCUT2D eigenvalue weighted by Crippen LogP contribution is -2.23. The molecule has 0 bridgehead atoms. The number of rotatable bonds is 6. The molecule has 5 heteroatoms. The van der Waals surface area contributed by atoms with Crippen LogP contribution in [0.3, 0.4) is 0 Å². The summed E-state index contributed by atoms with van der Waals surface area (Å²) >= 11 is 1.65. The van der Waals surface area contributed by atoms with E-state index in [0.717, 1.165) is 10.6 Å². The molecule has 0 atom stereocenters. The molecule has 0 saturated carbocycles. The first kappa shape index (κ1) is 18.6. The molecule has 2 amide bonds. The third-order valence-electron chi connectivity index (χ3n) is 3.34. The Labute approximate surface area is 152 Å². The number of nitrogens with one attached hydrogen (secondary N) is 2. The van der Waals surface area contributed by atoms with E-state index in [1.807, 2.05) is 36.4 Å². The molecule has 0 radical (unpaired) electrons. The average molecular weight is 352 g/mol. The predicted molar refractivity (Wildman–Crippen MR) is 102 cm³/mol. The molecule has 0 heterocycles. The van der Waals surface area contributed by atoms with Gasteiger partial charge in [0.1, 0.15) is 0 Å². The Balaban J connectivity index is 1.77. The van der Waals surface area contributed by atoms with Crippen LogP contribution in [-0.2, 0) is 4.79 Å². The van der Waals surface area contributed by atoms with Gasteiger partial charge in [-0.05, 0) is 24.3 Å². The normalized spacial score (nSPS) is 9.64. The van der Waals surface area contributed by atoms with Crippen molar-refractivity contribution >= 4 is 23.6 Å². The monoisotopic (exact) mass is 352 g/mol. The molecule has 25 heavy (non-hydrogen) atoms. The van der Waals surface area contributed by atoms with Gasteiger partial charge in [0.2, 0.25) is 5.91 Å². The van der Waals surface area contributed by atoms with Crippen molar-refractivity contribution in [3.8, 4) is 11.8 Å². The maximum Gasteiger partial charge on any atom is 0.252 e. The van der Waals surface area contributed by atoms with Crippen molar-refractivity contribution in [2.45, 2.75) is 11.3 Å². The van der Waals surface area contributed by atoms with Gasteiger partial charge in [0, 0.05) is 29.7 Å². The van der Waals surface area contributed by atoms with E-state index in [9.17, 15) is 9.59 Å². The first-order valence-electron chi connectivity index (χ1n) is 7.95. The van der Waals surface area contributed by atoms with Crippen LogP contribution in [0.2, 0.25) is 0 Å². The number of amides is 2. The van der Waals surface area contributed by atoms with Crippen molar-refractivity contribution < 1.29 is 9.59 Å². The molecule has 0 saturated heterocycles. The number of thioether (sulfide) groups is 1. The van der Waals surface area contributed by atoms with Crippen LogP contribution in [-0.4, -0.2) is 31.2 Å². The fourth-order valence-corrected chi connectivity index (χ4v) is 2.95. The van der Waals surface area contributed by atoms with E-state index in [1.165, 1.54) is 0 Å². The first-order chi connectivity index (χ1) is 12.2. The van der Waals surface area contributed by atoms with Gasteiger partial charge in [-0.15, -0.1) is 11.8 Å². The van der Waals surface area contributed by atoms with Crippen LogP contribution in [0.5, 0.6) is 0 Å². The quantitative estimate of drug-likeness (QED) is 0.621. The highest BCUT2D eigenvalue weighted by molar-refractivity contribution is 7.99. The van der Waals surface area contributed by atoms with Gasteiger partial charge in [-0.25, -0.2) is 0 Å². The van der Waals surface area contributed by atoms with Crippen LogP contribution in [0.4, 0.5) is 0 Å². The van der Waals surface area contributed by atoms with E-state index < -0.39 is 0 Å². The van der Waals surface area contributed by atoms with Gasteiger partial charge in [-0.1, -0.05) is 42.2 Å². The van der Waals surface area contributed by atoms with Crippen molar-refractivity contribution in [3.05, 3.63) is 65.7 Å². The van der Waals surface area contributed by atoms with Crippen LogP contribution in [0.25, 0.3) is 0 Å². The summed E-state index contributed by atoms with van der Waals surface area (Å²) in [4.78, 5) is 24.7. The predicted octanol–water partition coefficient (Wildman–Crippen LogP) is 2.70. The van der Waals surface area contributed by atoms with E-state index in [0.29, 0.717) is 17.5 Å². The van der Waals surface area contributed by atoms with Crippen molar-refractivity contribution in [1.29, 1.82) is 0 Å². The summed E-state index contributed by atoms with van der Waals surface area (Å²) in [6.45, 7) is 0.261. The summed E-state index contributed by atoms with van der Waals surface area (Å²) in [6.07, 6.45) is 0.441. The Morgan fingerprint density at radius 2 is 1.76 bits per heavy atom. The third kappa shape index (κ3) is 6.36. The first-order valence-corrected chi connectivity index (χ1v) is 8.94. The molecule has 0 spiro atoms. The molecule has 0 fully saturated rings. The number of hydrogen-bond donors (Lipinski definition) is 2. The second-order valence-electron chi connectivity index (χ2n) is 5.11. The largest absolute Gasteiger partial charge is 0.355 e. The lowest BCUT2D eigenvalue weighted by molar-refractivity contribution is -0.120. The van der Waals surface area contributed by atoms with Gasteiger partial charge in [0.25, 0.3) is 5.91 Å². The van der Waals surface area contributed by atoms with Crippen LogP contribution in [0.15, 0.2) is 59.5 Å². The lowest BCUT2D eigenvalue weighted by Gasteiger charge is -2.03. The lowest BCUT2D eigenvalue weighted by atomic mass is 10.1. The molecule has 0 aliphatic rings. The van der Waals surface area contributed by atoms with Crippen LogP contribution in [0.1, 0.15) is 22.3 Å². The molecule has 2 N–H and O–H groups in total. The molecule has 0 unspecified atom stereocenters. The highest BCUT2D eigenvalue weighted by atomic mass is 32.2. The molecule has 2 aromatic carbocycles. The summed E-state index contributed by atoms with van der Waals surface area (Å²) in [7, 11) is 1.58. The number of carbonyl (C=O) groups excluding carboxylic acids is 2. The molecule has 0 aliphatic carbocycles. The maximum absolute atomic E-state index is 11.8. The summed E-state index contributed by atoms with van der Waals surface area (Å²) in [5, 5.41) is 5.36. The summed E-state index contributed by atoms with van der Waals surface area (Å²) < 4.78 is 0. The highest BCUT2D eigenvalue weighted by Crippen LogP contribution is 2.17. The Hall–Kier alpha value is -2.71. The standard InChI is InChI=1S/C20H20N2O2S/c1-21-20(24)18-12-6-5-8-16(18)9-7-14-22-19(23)13-15-25-17-10-3-2-4-11-17/h2-6,8,10-12H,13-15H2,1H3,(H,21,24)(H,22,23).